The topological polar surface area (TPSA) is 79.2 Å². The van der Waals surface area contributed by atoms with E-state index in [-0.39, 0.29) is 18.1 Å². The molecule has 0 bridgehead atoms. The Hall–Kier alpha value is -4.69. The number of nitrogens with zero attached hydrogens (tertiary/aromatic N) is 1. The summed E-state index contributed by atoms with van der Waals surface area (Å²) in [5, 5.41) is 25.9. The van der Waals surface area contributed by atoms with Crippen molar-refractivity contribution in [1.29, 1.82) is 0 Å². The Morgan fingerprint density at radius 1 is 0.771 bits per heavy atom. The van der Waals surface area contributed by atoms with Crippen LogP contribution in [0, 0.1) is 0 Å². The third-order valence-electron chi connectivity index (χ3n) is 9.35. The maximum absolute atomic E-state index is 13.6. The fraction of sp³-hybridized carbons (Fsp3) is 0.244. The summed E-state index contributed by atoms with van der Waals surface area (Å²) in [5.74, 6) is 0.710. The molecule has 0 heterocycles. The molecule has 0 radical (unpaired) electrons. The van der Waals surface area contributed by atoms with Gasteiger partial charge in [-0.3, -0.25) is 0 Å². The van der Waals surface area contributed by atoms with Crippen LogP contribution in [0.25, 0.3) is 0 Å². The monoisotopic (exact) mass is 657 g/mol. The first-order valence-corrected chi connectivity index (χ1v) is 18.4. The predicted molar refractivity (Wildman–Crippen MR) is 194 cm³/mol. The lowest BCUT2D eigenvalue weighted by atomic mass is 9.89. The molecular formula is C41H43NO5Si. The number of carbonyl (C=O) groups excluding carboxylic acids is 1. The molecular weight excluding hydrogens is 615 g/mol. The van der Waals surface area contributed by atoms with E-state index in [0.29, 0.717) is 35.5 Å². The highest BCUT2D eigenvalue weighted by Crippen LogP contribution is 2.43. The maximum atomic E-state index is 13.6. The number of aliphatic hydroxyl groups is 2. The Labute approximate surface area is 284 Å². The minimum Gasteiger partial charge on any atom is -0.534 e. The molecule has 6 nitrogen and oxygen atoms in total. The zero-order chi connectivity index (χ0) is 33.8. The third-order valence-corrected chi connectivity index (χ3v) is 14.3. The summed E-state index contributed by atoms with van der Waals surface area (Å²) < 4.78 is 13.2. The van der Waals surface area contributed by atoms with Crippen molar-refractivity contribution in [1.82, 2.24) is 0 Å². The van der Waals surface area contributed by atoms with Crippen molar-refractivity contribution in [2.45, 2.75) is 56.8 Å². The Balaban J connectivity index is 1.33. The van der Waals surface area contributed by atoms with Gasteiger partial charge in [-0.25, -0.2) is 9.69 Å². The Kier molecular flexibility index (Phi) is 9.55. The first kappa shape index (κ1) is 33.2. The highest BCUT2D eigenvalue weighted by atomic mass is 28.4. The summed E-state index contributed by atoms with van der Waals surface area (Å²) in [6, 6.07) is 45.1. The molecule has 7 heteroatoms. The fourth-order valence-corrected chi connectivity index (χ4v) is 11.4. The van der Waals surface area contributed by atoms with Crippen LogP contribution in [-0.2, 0) is 11.2 Å². The lowest BCUT2D eigenvalue weighted by Crippen LogP contribution is -2.68. The first-order valence-electron chi connectivity index (χ1n) is 16.5. The number of hydrogen-bond acceptors (Lipinski definition) is 5. The van der Waals surface area contributed by atoms with Crippen molar-refractivity contribution in [2.24, 2.45) is 0 Å². The van der Waals surface area contributed by atoms with E-state index < -0.39 is 26.1 Å². The molecule has 48 heavy (non-hydrogen) atoms. The SMILES string of the molecule is CC(C)(C)[Si](Oc1cccc2c1CCCC(O)(COC(=O)N(c1ccccc1)c1ccccc1)C2O)(c1ccccc1)c1ccccc1. The van der Waals surface area contributed by atoms with Crippen LogP contribution in [0.3, 0.4) is 0 Å². The van der Waals surface area contributed by atoms with E-state index >= 15 is 0 Å². The van der Waals surface area contributed by atoms with Crippen LogP contribution in [0.4, 0.5) is 16.2 Å². The van der Waals surface area contributed by atoms with Crippen LogP contribution in [-0.4, -0.2) is 36.8 Å². The van der Waals surface area contributed by atoms with Crippen molar-refractivity contribution >= 4 is 36.2 Å². The quantitative estimate of drug-likeness (QED) is 0.132. The van der Waals surface area contributed by atoms with E-state index in [4.69, 9.17) is 9.16 Å². The molecule has 1 amide bonds. The smallest absolute Gasteiger partial charge is 0.419 e. The third kappa shape index (κ3) is 6.41. The maximum Gasteiger partial charge on any atom is 0.419 e. The van der Waals surface area contributed by atoms with E-state index in [1.807, 2.05) is 91.0 Å². The van der Waals surface area contributed by atoms with Gasteiger partial charge in [0.05, 0.1) is 11.4 Å². The Morgan fingerprint density at radius 2 is 1.27 bits per heavy atom. The Morgan fingerprint density at radius 3 is 1.77 bits per heavy atom. The number of carbonyl (C=O) groups is 1. The highest BCUT2D eigenvalue weighted by molar-refractivity contribution is 7.00. The molecule has 0 saturated carbocycles. The van der Waals surface area contributed by atoms with E-state index in [2.05, 4.69) is 69.3 Å². The minimum atomic E-state index is -2.95. The largest absolute Gasteiger partial charge is 0.534 e. The van der Waals surface area contributed by atoms with Gasteiger partial charge >= 0.3 is 14.4 Å². The van der Waals surface area contributed by atoms with Crippen molar-refractivity contribution < 1.29 is 24.2 Å². The number of aliphatic hydroxyl groups excluding tert-OH is 1. The number of fused-ring (bicyclic) bond motifs is 1. The molecule has 2 unspecified atom stereocenters. The molecule has 5 aromatic rings. The summed E-state index contributed by atoms with van der Waals surface area (Å²) in [7, 11) is -2.95. The molecule has 1 aliphatic rings. The molecule has 0 spiro atoms. The van der Waals surface area contributed by atoms with Gasteiger partial charge in [-0.1, -0.05) is 130 Å². The molecule has 1 aliphatic carbocycles. The van der Waals surface area contributed by atoms with Crippen molar-refractivity contribution in [3.8, 4) is 5.75 Å². The summed E-state index contributed by atoms with van der Waals surface area (Å²) in [6.45, 7) is 6.33. The van der Waals surface area contributed by atoms with Crippen molar-refractivity contribution in [2.75, 3.05) is 11.5 Å². The van der Waals surface area contributed by atoms with E-state index in [1.54, 1.807) is 0 Å². The van der Waals surface area contributed by atoms with Gasteiger partial charge < -0.3 is 19.4 Å². The van der Waals surface area contributed by atoms with Crippen LogP contribution < -0.4 is 19.7 Å². The number of amides is 1. The lowest BCUT2D eigenvalue weighted by Gasteiger charge is -2.43. The second kappa shape index (κ2) is 13.8. The number of anilines is 2. The van der Waals surface area contributed by atoms with Gasteiger partial charge in [-0.2, -0.15) is 0 Å². The van der Waals surface area contributed by atoms with Gasteiger partial charge in [-0.05, 0) is 76.1 Å². The van der Waals surface area contributed by atoms with Crippen LogP contribution in [0.5, 0.6) is 5.75 Å². The van der Waals surface area contributed by atoms with Gasteiger partial charge in [0, 0.05) is 0 Å². The molecule has 6 rings (SSSR count). The molecule has 0 saturated heterocycles. The minimum absolute atomic E-state index is 0.242. The fourth-order valence-electron chi connectivity index (χ4n) is 6.93. The average Bonchev–Trinajstić information content (AvgIpc) is 3.23. The summed E-state index contributed by atoms with van der Waals surface area (Å²) in [4.78, 5) is 15.1. The van der Waals surface area contributed by atoms with Crippen LogP contribution >= 0.6 is 0 Å². The summed E-state index contributed by atoms with van der Waals surface area (Å²) in [6.07, 6.45) is -0.531. The predicted octanol–water partition coefficient (Wildman–Crippen LogP) is 7.70. The second-order valence-corrected chi connectivity index (χ2v) is 17.7. The number of rotatable bonds is 8. The molecule has 0 aromatic heterocycles. The number of para-hydroxylation sites is 2. The van der Waals surface area contributed by atoms with Crippen LogP contribution in [0.1, 0.15) is 50.8 Å². The normalized spacial score (nSPS) is 17.9. The number of benzene rings is 5. The van der Waals surface area contributed by atoms with Crippen molar-refractivity contribution in [3.63, 3.8) is 0 Å². The molecule has 246 valence electrons. The summed E-state index contributed by atoms with van der Waals surface area (Å²) in [5.41, 5.74) is 1.03. The summed E-state index contributed by atoms with van der Waals surface area (Å²) >= 11 is 0. The van der Waals surface area contributed by atoms with Gasteiger partial charge in [0.1, 0.15) is 24.1 Å². The molecule has 0 fully saturated rings. The zero-order valence-corrected chi connectivity index (χ0v) is 28.8. The van der Waals surface area contributed by atoms with Crippen LogP contribution in [0.15, 0.2) is 140 Å². The lowest BCUT2D eigenvalue weighted by molar-refractivity contribution is -0.111. The molecule has 0 aliphatic heterocycles. The van der Waals surface area contributed by atoms with Crippen LogP contribution in [0.2, 0.25) is 5.04 Å². The molecule has 2 atom stereocenters. The standard InChI is InChI=1S/C41H43NO5Si/c1-40(2,3)48(33-22-12-6-13-23-33,34-24-14-7-15-25-34)47-37-28-16-26-36-35(37)27-17-29-41(45,38(36)43)30-46-39(44)42(31-18-8-4-9-19-31)32-20-10-5-11-21-32/h4-16,18-26,28,38,43,45H,17,27,29-30H2,1-3H3. The van der Waals surface area contributed by atoms with Gasteiger partial charge in [0.25, 0.3) is 0 Å². The van der Waals surface area contributed by atoms with Gasteiger partial charge in [-0.15, -0.1) is 0 Å². The Bertz CT molecular complexity index is 1730. The molecule has 5 aromatic carbocycles. The second-order valence-electron chi connectivity index (χ2n) is 13.5. The number of ether oxygens (including phenoxy) is 1. The van der Waals surface area contributed by atoms with Crippen molar-refractivity contribution in [3.05, 3.63) is 151 Å². The first-order chi connectivity index (χ1) is 23.1. The highest BCUT2D eigenvalue weighted by Gasteiger charge is 2.52. The van der Waals surface area contributed by atoms with Gasteiger partial charge in [0.15, 0.2) is 0 Å². The number of hydrogen-bond donors (Lipinski definition) is 2. The van der Waals surface area contributed by atoms with Gasteiger partial charge in [0.2, 0.25) is 0 Å². The zero-order valence-electron chi connectivity index (χ0n) is 27.8. The molecule has 2 N–H and O–H groups in total. The van der Waals surface area contributed by atoms with E-state index in [1.165, 1.54) is 4.90 Å². The van der Waals surface area contributed by atoms with E-state index in [0.717, 1.165) is 15.9 Å². The average molecular weight is 658 g/mol. The van der Waals surface area contributed by atoms with E-state index in [9.17, 15) is 15.0 Å².